The molecule has 1 spiro atoms. The Morgan fingerprint density at radius 2 is 1.64 bits per heavy atom. The lowest BCUT2D eigenvalue weighted by atomic mass is 9.91. The molecule has 6 nitrogen and oxygen atoms in total. The van der Waals surface area contributed by atoms with Gasteiger partial charge in [-0.3, -0.25) is 14.5 Å². The monoisotopic (exact) mass is 434 g/mol. The van der Waals surface area contributed by atoms with Gasteiger partial charge in [0.05, 0.1) is 6.04 Å². The lowest BCUT2D eigenvalue weighted by molar-refractivity contribution is -0.136. The van der Waals surface area contributed by atoms with Gasteiger partial charge in [-0.05, 0) is 57.5 Å². The van der Waals surface area contributed by atoms with Crippen LogP contribution in [0.15, 0.2) is 0 Å². The molecule has 28 heavy (non-hydrogen) atoms. The zero-order valence-electron chi connectivity index (χ0n) is 17.0. The molecular formula is C20H36Cl2N4O2. The molecule has 2 atom stereocenters. The molecule has 2 unspecified atom stereocenters. The van der Waals surface area contributed by atoms with Crippen molar-refractivity contribution in [1.82, 2.24) is 20.4 Å². The Morgan fingerprint density at radius 3 is 2.25 bits per heavy atom. The van der Waals surface area contributed by atoms with Crippen molar-refractivity contribution in [3.63, 3.8) is 0 Å². The Labute approximate surface area is 181 Å². The zero-order chi connectivity index (χ0) is 18.1. The molecule has 8 heteroatoms. The minimum absolute atomic E-state index is 0. The number of nitrogens with zero attached hydrogens (tertiary/aromatic N) is 2. The summed E-state index contributed by atoms with van der Waals surface area (Å²) in [4.78, 5) is 29.7. The van der Waals surface area contributed by atoms with E-state index in [4.69, 9.17) is 0 Å². The van der Waals surface area contributed by atoms with Gasteiger partial charge in [-0.1, -0.05) is 12.8 Å². The smallest absolute Gasteiger partial charge is 0.237 e. The third-order valence-corrected chi connectivity index (χ3v) is 7.34. The fourth-order valence-electron chi connectivity index (χ4n) is 5.28. The summed E-state index contributed by atoms with van der Waals surface area (Å²) < 4.78 is 0. The van der Waals surface area contributed by atoms with Crippen molar-refractivity contribution >= 4 is 36.6 Å². The Kier molecular flexibility index (Phi) is 8.44. The lowest BCUT2D eigenvalue weighted by Crippen LogP contribution is -2.56. The SMILES string of the molecule is CC(C(=O)NC1CCCC1)N1CCN(C(=O)C2CC23CCNCC3)CC1.Cl.Cl. The number of carbonyl (C=O) groups excluding carboxylic acids is 2. The van der Waals surface area contributed by atoms with Crippen LogP contribution in [-0.2, 0) is 9.59 Å². The Bertz CT molecular complexity index is 542. The first-order chi connectivity index (χ1) is 12.6. The third-order valence-electron chi connectivity index (χ3n) is 7.34. The van der Waals surface area contributed by atoms with Gasteiger partial charge in [0.25, 0.3) is 0 Å². The molecule has 2 amide bonds. The van der Waals surface area contributed by atoms with Crippen LogP contribution in [-0.4, -0.2) is 73.0 Å². The highest BCUT2D eigenvalue weighted by molar-refractivity contribution is 5.85. The third kappa shape index (κ3) is 4.94. The average molecular weight is 435 g/mol. The normalized spacial score (nSPS) is 28.2. The van der Waals surface area contributed by atoms with Gasteiger partial charge in [0.2, 0.25) is 11.8 Å². The van der Waals surface area contributed by atoms with Crippen LogP contribution in [0.25, 0.3) is 0 Å². The number of carbonyl (C=O) groups is 2. The van der Waals surface area contributed by atoms with E-state index in [1.807, 2.05) is 6.92 Å². The quantitative estimate of drug-likeness (QED) is 0.707. The number of hydrogen-bond donors (Lipinski definition) is 2. The van der Waals surface area contributed by atoms with Crippen LogP contribution in [0.4, 0.5) is 0 Å². The maximum Gasteiger partial charge on any atom is 0.237 e. The molecule has 0 aromatic rings. The summed E-state index contributed by atoms with van der Waals surface area (Å²) in [5.74, 6) is 0.793. The minimum Gasteiger partial charge on any atom is -0.352 e. The molecule has 0 aromatic heterocycles. The highest BCUT2D eigenvalue weighted by Gasteiger charge is 2.58. The van der Waals surface area contributed by atoms with Crippen LogP contribution < -0.4 is 10.6 Å². The summed E-state index contributed by atoms with van der Waals surface area (Å²) in [5, 5.41) is 6.61. The number of halogens is 2. The van der Waals surface area contributed by atoms with E-state index < -0.39 is 0 Å². The van der Waals surface area contributed by atoms with Gasteiger partial charge in [0, 0.05) is 38.1 Å². The van der Waals surface area contributed by atoms with Gasteiger partial charge in [0.15, 0.2) is 0 Å². The summed E-state index contributed by atoms with van der Waals surface area (Å²) >= 11 is 0. The van der Waals surface area contributed by atoms with Gasteiger partial charge in [-0.2, -0.15) is 0 Å². The molecule has 2 saturated heterocycles. The Hall–Kier alpha value is -0.560. The van der Waals surface area contributed by atoms with Crippen molar-refractivity contribution in [2.24, 2.45) is 11.3 Å². The molecule has 0 aromatic carbocycles. The van der Waals surface area contributed by atoms with E-state index in [9.17, 15) is 9.59 Å². The van der Waals surface area contributed by atoms with E-state index in [1.54, 1.807) is 0 Å². The number of piperazine rings is 1. The van der Waals surface area contributed by atoms with Gasteiger partial charge in [-0.25, -0.2) is 0 Å². The summed E-state index contributed by atoms with van der Waals surface area (Å²) in [7, 11) is 0. The molecule has 2 aliphatic heterocycles. The summed E-state index contributed by atoms with van der Waals surface area (Å²) in [6.07, 6.45) is 8.12. The molecule has 0 bridgehead atoms. The second kappa shape index (κ2) is 9.96. The molecular weight excluding hydrogens is 399 g/mol. The zero-order valence-corrected chi connectivity index (χ0v) is 18.6. The number of nitrogens with one attached hydrogen (secondary N) is 2. The summed E-state index contributed by atoms with van der Waals surface area (Å²) in [6.45, 7) is 7.29. The second-order valence-electron chi connectivity index (χ2n) is 8.90. The van der Waals surface area contributed by atoms with Gasteiger partial charge >= 0.3 is 0 Å². The van der Waals surface area contributed by atoms with Crippen molar-refractivity contribution in [3.8, 4) is 0 Å². The first-order valence-corrected chi connectivity index (χ1v) is 10.6. The van der Waals surface area contributed by atoms with Crippen molar-refractivity contribution in [3.05, 3.63) is 0 Å². The number of piperidine rings is 1. The Balaban J connectivity index is 0.00000140. The molecule has 162 valence electrons. The molecule has 4 aliphatic rings. The van der Waals surface area contributed by atoms with E-state index in [1.165, 1.54) is 12.8 Å². The first-order valence-electron chi connectivity index (χ1n) is 10.6. The van der Waals surface area contributed by atoms with Crippen molar-refractivity contribution < 1.29 is 9.59 Å². The van der Waals surface area contributed by atoms with E-state index in [0.717, 1.165) is 71.4 Å². The highest BCUT2D eigenvalue weighted by Crippen LogP contribution is 2.59. The summed E-state index contributed by atoms with van der Waals surface area (Å²) in [5.41, 5.74) is 0.313. The molecule has 4 rings (SSSR count). The van der Waals surface area contributed by atoms with Gasteiger partial charge in [0.1, 0.15) is 0 Å². The maximum absolute atomic E-state index is 12.9. The van der Waals surface area contributed by atoms with Crippen molar-refractivity contribution in [2.45, 2.75) is 64.0 Å². The van der Waals surface area contributed by atoms with E-state index in [0.29, 0.717) is 17.4 Å². The number of amides is 2. The average Bonchev–Trinajstić information content (AvgIpc) is 3.10. The standard InChI is InChI=1S/C20H34N4O2.2ClH/c1-15(18(25)22-16-4-2-3-5-16)23-10-12-24(13-11-23)19(26)17-14-20(17)6-8-21-9-7-20;;/h15-17,21H,2-14H2,1H3,(H,22,25);2*1H. The minimum atomic E-state index is -0.0930. The number of hydrogen-bond acceptors (Lipinski definition) is 4. The fourth-order valence-corrected chi connectivity index (χ4v) is 5.28. The predicted octanol–water partition coefficient (Wildman–Crippen LogP) is 1.81. The van der Waals surface area contributed by atoms with Gasteiger partial charge in [-0.15, -0.1) is 24.8 Å². The highest BCUT2D eigenvalue weighted by atomic mass is 35.5. The molecule has 0 radical (unpaired) electrons. The maximum atomic E-state index is 12.9. The first kappa shape index (κ1) is 23.7. The van der Waals surface area contributed by atoms with Crippen LogP contribution in [0.3, 0.4) is 0 Å². The molecule has 4 fully saturated rings. The molecule has 2 saturated carbocycles. The van der Waals surface area contributed by atoms with Crippen LogP contribution >= 0.6 is 24.8 Å². The van der Waals surface area contributed by atoms with Crippen molar-refractivity contribution in [2.75, 3.05) is 39.3 Å². The van der Waals surface area contributed by atoms with Crippen LogP contribution in [0.2, 0.25) is 0 Å². The van der Waals surface area contributed by atoms with E-state index in [2.05, 4.69) is 20.4 Å². The lowest BCUT2D eigenvalue weighted by Gasteiger charge is -2.38. The largest absolute Gasteiger partial charge is 0.352 e. The number of rotatable bonds is 4. The van der Waals surface area contributed by atoms with Gasteiger partial charge < -0.3 is 15.5 Å². The molecule has 2 heterocycles. The second-order valence-corrected chi connectivity index (χ2v) is 8.90. The molecule has 2 N–H and O–H groups in total. The van der Waals surface area contributed by atoms with Crippen LogP contribution in [0.1, 0.15) is 51.9 Å². The summed E-state index contributed by atoms with van der Waals surface area (Å²) in [6, 6.07) is 0.286. The van der Waals surface area contributed by atoms with Crippen LogP contribution in [0, 0.1) is 11.3 Å². The predicted molar refractivity (Wildman–Crippen MR) is 115 cm³/mol. The van der Waals surface area contributed by atoms with E-state index in [-0.39, 0.29) is 42.7 Å². The van der Waals surface area contributed by atoms with Crippen LogP contribution in [0.5, 0.6) is 0 Å². The molecule has 2 aliphatic carbocycles. The van der Waals surface area contributed by atoms with E-state index >= 15 is 0 Å². The topological polar surface area (TPSA) is 64.7 Å². The fraction of sp³-hybridized carbons (Fsp3) is 0.900. The van der Waals surface area contributed by atoms with Crippen molar-refractivity contribution in [1.29, 1.82) is 0 Å². The Morgan fingerprint density at radius 1 is 1.04 bits per heavy atom.